The highest BCUT2D eigenvalue weighted by molar-refractivity contribution is 7.92. The number of hydrogen-bond acceptors (Lipinski definition) is 8. The molecule has 186 valence electrons. The fourth-order valence-electron chi connectivity index (χ4n) is 4.38. The fourth-order valence-corrected chi connectivity index (χ4v) is 5.18. The van der Waals surface area contributed by atoms with Crippen molar-refractivity contribution in [3.8, 4) is 11.5 Å². The zero-order valence-electron chi connectivity index (χ0n) is 19.7. The van der Waals surface area contributed by atoms with E-state index in [4.69, 9.17) is 16.0 Å². The Morgan fingerprint density at radius 1 is 1.20 bits per heavy atom. The standard InChI is InChI=1S/C24H29ClN6O3S/c1-31(35(2,32)33)22-20(25)18(13-19(28-22)27-14-15-10-11-15)23-29-30-24(34-23)21-17(9-6-12-26-21)16-7-4-3-5-8-16/h3-5,7-8,13,15,17,21,26H,6,9-12,14H2,1-2H3,(H,27,28). The Bertz CT molecular complexity index is 1300. The molecular weight excluding hydrogens is 488 g/mol. The summed E-state index contributed by atoms with van der Waals surface area (Å²) in [6.07, 6.45) is 5.53. The molecule has 1 saturated carbocycles. The molecule has 1 aliphatic carbocycles. The topological polar surface area (TPSA) is 113 Å². The minimum absolute atomic E-state index is 0.114. The summed E-state index contributed by atoms with van der Waals surface area (Å²) in [5, 5.41) is 15.6. The normalized spacial score (nSPS) is 20.5. The van der Waals surface area contributed by atoms with Gasteiger partial charge in [0.15, 0.2) is 5.82 Å². The summed E-state index contributed by atoms with van der Waals surface area (Å²) in [5.41, 5.74) is 1.66. The average Bonchev–Trinajstić information content (AvgIpc) is 3.57. The zero-order chi connectivity index (χ0) is 24.6. The Balaban J connectivity index is 1.50. The van der Waals surface area contributed by atoms with Gasteiger partial charge in [0.05, 0.1) is 22.9 Å². The highest BCUT2D eigenvalue weighted by Gasteiger charge is 2.32. The molecule has 3 heterocycles. The maximum absolute atomic E-state index is 12.2. The van der Waals surface area contributed by atoms with Crippen LogP contribution in [0, 0.1) is 5.92 Å². The Labute approximate surface area is 210 Å². The molecule has 2 aromatic heterocycles. The van der Waals surface area contributed by atoms with Crippen LogP contribution in [0.2, 0.25) is 5.02 Å². The molecule has 2 N–H and O–H groups in total. The molecule has 0 spiro atoms. The van der Waals surface area contributed by atoms with Gasteiger partial charge >= 0.3 is 0 Å². The third kappa shape index (κ3) is 5.29. The summed E-state index contributed by atoms with van der Waals surface area (Å²) in [6, 6.07) is 11.9. The summed E-state index contributed by atoms with van der Waals surface area (Å²) < 4.78 is 31.7. The number of rotatable bonds is 8. The third-order valence-corrected chi connectivity index (χ3v) is 8.17. The van der Waals surface area contributed by atoms with E-state index < -0.39 is 10.0 Å². The first-order chi connectivity index (χ1) is 16.8. The van der Waals surface area contributed by atoms with Crippen molar-refractivity contribution in [1.82, 2.24) is 20.5 Å². The minimum Gasteiger partial charge on any atom is -0.419 e. The van der Waals surface area contributed by atoms with Crippen LogP contribution in [0.1, 0.15) is 49.1 Å². The first-order valence-corrected chi connectivity index (χ1v) is 14.0. The van der Waals surface area contributed by atoms with Gasteiger partial charge in [0.25, 0.3) is 0 Å². The molecule has 11 heteroatoms. The van der Waals surface area contributed by atoms with Crippen molar-refractivity contribution in [1.29, 1.82) is 0 Å². The zero-order valence-corrected chi connectivity index (χ0v) is 21.3. The van der Waals surface area contributed by atoms with Gasteiger partial charge in [-0.15, -0.1) is 10.2 Å². The highest BCUT2D eigenvalue weighted by atomic mass is 35.5. The number of anilines is 2. The summed E-state index contributed by atoms with van der Waals surface area (Å²) >= 11 is 6.67. The molecule has 0 bridgehead atoms. The number of halogens is 1. The van der Waals surface area contributed by atoms with E-state index in [0.29, 0.717) is 23.2 Å². The van der Waals surface area contributed by atoms with Gasteiger partial charge in [-0.3, -0.25) is 4.31 Å². The van der Waals surface area contributed by atoms with Crippen molar-refractivity contribution in [2.75, 3.05) is 36.0 Å². The Morgan fingerprint density at radius 2 is 1.97 bits per heavy atom. The second-order valence-corrected chi connectivity index (χ2v) is 11.7. The van der Waals surface area contributed by atoms with E-state index in [1.165, 1.54) is 25.5 Å². The maximum atomic E-state index is 12.2. The van der Waals surface area contributed by atoms with Crippen molar-refractivity contribution in [2.24, 2.45) is 5.92 Å². The van der Waals surface area contributed by atoms with Crippen molar-refractivity contribution in [2.45, 2.75) is 37.6 Å². The van der Waals surface area contributed by atoms with Gasteiger partial charge in [-0.1, -0.05) is 41.9 Å². The van der Waals surface area contributed by atoms with Crippen LogP contribution in [0.4, 0.5) is 11.6 Å². The van der Waals surface area contributed by atoms with Gasteiger partial charge in [0.1, 0.15) is 5.82 Å². The number of nitrogens with one attached hydrogen (secondary N) is 2. The lowest BCUT2D eigenvalue weighted by Gasteiger charge is -2.30. The SMILES string of the molecule is CN(c1nc(NCC2CC2)cc(-c2nnc(C3NCCCC3c3ccccc3)o2)c1Cl)S(C)(=O)=O. The van der Waals surface area contributed by atoms with Crippen molar-refractivity contribution in [3.63, 3.8) is 0 Å². The molecule has 0 amide bonds. The lowest BCUT2D eigenvalue weighted by molar-refractivity contribution is 0.303. The number of pyridine rings is 1. The summed E-state index contributed by atoms with van der Waals surface area (Å²) in [4.78, 5) is 4.47. The third-order valence-electron chi connectivity index (χ3n) is 6.63. The smallest absolute Gasteiger partial charge is 0.249 e. The van der Waals surface area contributed by atoms with E-state index in [-0.39, 0.29) is 28.7 Å². The molecule has 3 aromatic rings. The number of piperidine rings is 1. The van der Waals surface area contributed by atoms with Gasteiger partial charge in [0.2, 0.25) is 21.8 Å². The van der Waals surface area contributed by atoms with Crippen LogP contribution >= 0.6 is 11.6 Å². The molecule has 2 atom stereocenters. The molecule has 9 nitrogen and oxygen atoms in total. The predicted octanol–water partition coefficient (Wildman–Crippen LogP) is 4.21. The molecular formula is C24H29ClN6O3S. The number of sulfonamides is 1. The predicted molar refractivity (Wildman–Crippen MR) is 136 cm³/mol. The number of aromatic nitrogens is 3. The van der Waals surface area contributed by atoms with Gasteiger partial charge < -0.3 is 15.1 Å². The quantitative estimate of drug-likeness (QED) is 0.457. The number of hydrogen-bond donors (Lipinski definition) is 2. The van der Waals surface area contributed by atoms with E-state index in [9.17, 15) is 8.42 Å². The van der Waals surface area contributed by atoms with E-state index in [1.807, 2.05) is 18.2 Å². The van der Waals surface area contributed by atoms with Crippen LogP contribution in [-0.4, -0.2) is 50.0 Å². The molecule has 2 aliphatic rings. The van der Waals surface area contributed by atoms with Crippen LogP contribution in [0.5, 0.6) is 0 Å². The largest absolute Gasteiger partial charge is 0.419 e. The second kappa shape index (κ2) is 9.75. The van der Waals surface area contributed by atoms with Crippen molar-refractivity contribution < 1.29 is 12.8 Å². The fraction of sp³-hybridized carbons (Fsp3) is 0.458. The Morgan fingerprint density at radius 3 is 2.69 bits per heavy atom. The van der Waals surface area contributed by atoms with Crippen molar-refractivity contribution in [3.05, 3.63) is 52.9 Å². The van der Waals surface area contributed by atoms with Crippen LogP contribution < -0.4 is 14.9 Å². The summed E-state index contributed by atoms with van der Waals surface area (Å²) in [5.74, 6) is 2.14. The van der Waals surface area contributed by atoms with Crippen LogP contribution in [0.25, 0.3) is 11.5 Å². The van der Waals surface area contributed by atoms with Gasteiger partial charge in [-0.05, 0) is 49.8 Å². The van der Waals surface area contributed by atoms with E-state index >= 15 is 0 Å². The molecule has 1 aromatic carbocycles. The lowest BCUT2D eigenvalue weighted by Crippen LogP contribution is -2.33. The van der Waals surface area contributed by atoms with Crippen molar-refractivity contribution >= 4 is 33.3 Å². The van der Waals surface area contributed by atoms with Crippen LogP contribution in [0.3, 0.4) is 0 Å². The molecule has 1 saturated heterocycles. The Hall–Kier alpha value is -2.69. The molecule has 0 radical (unpaired) electrons. The van der Waals surface area contributed by atoms with E-state index in [0.717, 1.165) is 36.5 Å². The molecule has 5 rings (SSSR count). The van der Waals surface area contributed by atoms with Crippen LogP contribution in [-0.2, 0) is 10.0 Å². The Kier molecular flexibility index (Phi) is 6.69. The van der Waals surface area contributed by atoms with Crippen LogP contribution in [0.15, 0.2) is 40.8 Å². The molecule has 35 heavy (non-hydrogen) atoms. The number of benzene rings is 1. The number of nitrogens with zero attached hydrogens (tertiary/aromatic N) is 4. The molecule has 2 fully saturated rings. The van der Waals surface area contributed by atoms with E-state index in [1.54, 1.807) is 6.07 Å². The minimum atomic E-state index is -3.58. The average molecular weight is 517 g/mol. The van der Waals surface area contributed by atoms with Gasteiger partial charge in [-0.25, -0.2) is 13.4 Å². The molecule has 2 unspecified atom stereocenters. The lowest BCUT2D eigenvalue weighted by atomic mass is 9.85. The van der Waals surface area contributed by atoms with Gasteiger partial charge in [-0.2, -0.15) is 0 Å². The summed E-state index contributed by atoms with van der Waals surface area (Å²) in [7, 11) is -2.16. The van der Waals surface area contributed by atoms with Gasteiger partial charge in [0, 0.05) is 19.5 Å². The molecule has 1 aliphatic heterocycles. The first kappa shape index (κ1) is 24.0. The van der Waals surface area contributed by atoms with E-state index in [2.05, 4.69) is 37.9 Å². The maximum Gasteiger partial charge on any atom is 0.249 e. The first-order valence-electron chi connectivity index (χ1n) is 11.8. The second-order valence-electron chi connectivity index (χ2n) is 9.28. The highest BCUT2D eigenvalue weighted by Crippen LogP contribution is 2.40. The summed E-state index contributed by atoms with van der Waals surface area (Å²) in [6.45, 7) is 1.62. The monoisotopic (exact) mass is 516 g/mol.